The van der Waals surface area contributed by atoms with E-state index in [0.29, 0.717) is 23.6 Å². The van der Waals surface area contributed by atoms with Crippen LogP contribution < -0.4 is 5.73 Å². The number of hydrogen-bond donors (Lipinski definition) is 2. The summed E-state index contributed by atoms with van der Waals surface area (Å²) in [6.45, 7) is 6.59. The molecule has 0 atom stereocenters. The summed E-state index contributed by atoms with van der Waals surface area (Å²) in [4.78, 5) is 17.2. The van der Waals surface area contributed by atoms with E-state index >= 15 is 0 Å². The first-order valence-corrected chi connectivity index (χ1v) is 8.61. The van der Waals surface area contributed by atoms with E-state index in [1.54, 1.807) is 0 Å². The molecule has 2 aromatic rings. The molecule has 24 heavy (non-hydrogen) atoms. The molecule has 0 spiro atoms. The number of hydrogen-bond acceptors (Lipinski definition) is 4. The van der Waals surface area contributed by atoms with Crippen LogP contribution in [-0.4, -0.2) is 58.6 Å². The second kappa shape index (κ2) is 7.49. The zero-order chi connectivity index (χ0) is 16.9. The maximum absolute atomic E-state index is 13.0. The number of likely N-dealkylation sites (N-methyl/N-ethyl adjacent to an activating group) is 1. The maximum Gasteiger partial charge on any atom is 0.272 e. The fourth-order valence-corrected chi connectivity index (χ4v) is 3.24. The number of carbonyl (C=O) groups excluding carboxylic acids is 1. The average molecular weight is 327 g/mol. The van der Waals surface area contributed by atoms with Gasteiger partial charge in [0.05, 0.1) is 5.56 Å². The molecule has 1 aromatic carbocycles. The van der Waals surface area contributed by atoms with E-state index in [0.717, 1.165) is 31.7 Å². The van der Waals surface area contributed by atoms with Crippen molar-refractivity contribution in [2.75, 3.05) is 38.5 Å². The Hall–Kier alpha value is -2.34. The van der Waals surface area contributed by atoms with Gasteiger partial charge in [0.15, 0.2) is 5.82 Å². The molecule has 3 rings (SSSR count). The highest BCUT2D eigenvalue weighted by Crippen LogP contribution is 2.28. The van der Waals surface area contributed by atoms with Gasteiger partial charge in [-0.15, -0.1) is 0 Å². The second-order valence-electron chi connectivity index (χ2n) is 6.16. The fourth-order valence-electron chi connectivity index (χ4n) is 3.24. The van der Waals surface area contributed by atoms with Gasteiger partial charge in [-0.1, -0.05) is 30.3 Å². The van der Waals surface area contributed by atoms with Crippen LogP contribution in [0.25, 0.3) is 11.1 Å². The lowest BCUT2D eigenvalue weighted by Gasteiger charge is -2.24. The van der Waals surface area contributed by atoms with E-state index in [2.05, 4.69) is 15.1 Å². The van der Waals surface area contributed by atoms with Crippen molar-refractivity contribution in [1.29, 1.82) is 0 Å². The van der Waals surface area contributed by atoms with Gasteiger partial charge in [0.1, 0.15) is 5.69 Å². The molecule has 3 N–H and O–H groups in total. The number of nitrogens with one attached hydrogen (secondary N) is 1. The van der Waals surface area contributed by atoms with Crippen molar-refractivity contribution in [2.45, 2.75) is 19.8 Å². The molecule has 128 valence electrons. The first-order valence-electron chi connectivity index (χ1n) is 8.61. The van der Waals surface area contributed by atoms with Crippen molar-refractivity contribution in [3.8, 4) is 11.1 Å². The van der Waals surface area contributed by atoms with Gasteiger partial charge in [0, 0.05) is 19.6 Å². The molecule has 6 heteroatoms. The number of nitrogens with two attached hydrogens (primary N) is 1. The van der Waals surface area contributed by atoms with Gasteiger partial charge in [0.2, 0.25) is 0 Å². The van der Waals surface area contributed by atoms with Crippen LogP contribution in [0.15, 0.2) is 30.3 Å². The summed E-state index contributed by atoms with van der Waals surface area (Å²) in [7, 11) is 0. The smallest absolute Gasteiger partial charge is 0.272 e. The molecule has 1 amide bonds. The number of nitrogen functional groups attached to an aromatic ring is 1. The molecular formula is C18H25N5O. The van der Waals surface area contributed by atoms with Crippen LogP contribution >= 0.6 is 0 Å². The first-order chi connectivity index (χ1) is 11.7. The van der Waals surface area contributed by atoms with Crippen LogP contribution in [0.3, 0.4) is 0 Å². The third-order valence-corrected chi connectivity index (χ3v) is 4.62. The molecule has 1 aliphatic rings. The number of likely N-dealkylation sites (tertiary alicyclic amines) is 1. The lowest BCUT2D eigenvalue weighted by molar-refractivity contribution is 0.0744. The molecule has 0 radical (unpaired) electrons. The second-order valence-corrected chi connectivity index (χ2v) is 6.16. The number of nitrogens with zero attached hydrogens (tertiary/aromatic N) is 3. The summed E-state index contributed by atoms with van der Waals surface area (Å²) in [5.74, 6) is 0.319. The minimum absolute atomic E-state index is 0.0419. The predicted octanol–water partition coefficient (Wildman–Crippen LogP) is 2.22. The number of anilines is 1. The van der Waals surface area contributed by atoms with Crippen LogP contribution in [0.4, 0.5) is 5.82 Å². The molecule has 1 fully saturated rings. The van der Waals surface area contributed by atoms with Gasteiger partial charge >= 0.3 is 0 Å². The van der Waals surface area contributed by atoms with Crippen molar-refractivity contribution in [3.63, 3.8) is 0 Å². The van der Waals surface area contributed by atoms with Gasteiger partial charge in [-0.3, -0.25) is 9.89 Å². The van der Waals surface area contributed by atoms with Gasteiger partial charge in [-0.2, -0.15) is 5.10 Å². The monoisotopic (exact) mass is 327 g/mol. The third-order valence-electron chi connectivity index (χ3n) is 4.62. The maximum atomic E-state index is 13.0. The van der Waals surface area contributed by atoms with Gasteiger partial charge < -0.3 is 15.5 Å². The van der Waals surface area contributed by atoms with Crippen LogP contribution in [-0.2, 0) is 0 Å². The van der Waals surface area contributed by atoms with Gasteiger partial charge in [-0.05, 0) is 38.4 Å². The molecule has 1 saturated heterocycles. The topological polar surface area (TPSA) is 78.2 Å². The van der Waals surface area contributed by atoms with E-state index in [-0.39, 0.29) is 5.91 Å². The van der Waals surface area contributed by atoms with Crippen molar-refractivity contribution in [1.82, 2.24) is 20.0 Å². The average Bonchev–Trinajstić information content (AvgIpc) is 3.25. The highest BCUT2D eigenvalue weighted by Gasteiger charge is 2.24. The summed E-state index contributed by atoms with van der Waals surface area (Å²) in [5.41, 5.74) is 8.08. The number of rotatable bonds is 6. The minimum Gasteiger partial charge on any atom is -0.382 e. The molecule has 1 aromatic heterocycles. The molecule has 0 aliphatic carbocycles. The molecule has 0 bridgehead atoms. The van der Waals surface area contributed by atoms with Gasteiger partial charge in [0.25, 0.3) is 5.91 Å². The summed E-state index contributed by atoms with van der Waals surface area (Å²) >= 11 is 0. The Morgan fingerprint density at radius 2 is 2.00 bits per heavy atom. The Kier molecular flexibility index (Phi) is 5.15. The summed E-state index contributed by atoms with van der Waals surface area (Å²) in [6, 6.07) is 9.69. The van der Waals surface area contributed by atoms with Crippen molar-refractivity contribution in [2.24, 2.45) is 0 Å². The minimum atomic E-state index is -0.0419. The number of H-pyrrole nitrogens is 1. The first kappa shape index (κ1) is 16.5. The Balaban J connectivity index is 1.78. The van der Waals surface area contributed by atoms with Crippen LogP contribution in [0.2, 0.25) is 0 Å². The third kappa shape index (κ3) is 3.43. The normalized spacial score (nSPS) is 14.9. The lowest BCUT2D eigenvalue weighted by Crippen LogP contribution is -2.38. The predicted molar refractivity (Wildman–Crippen MR) is 95.7 cm³/mol. The number of benzene rings is 1. The Labute approximate surface area is 142 Å². The van der Waals surface area contributed by atoms with E-state index < -0.39 is 0 Å². The molecule has 0 unspecified atom stereocenters. The summed E-state index contributed by atoms with van der Waals surface area (Å²) < 4.78 is 0. The zero-order valence-electron chi connectivity index (χ0n) is 14.2. The lowest BCUT2D eigenvalue weighted by atomic mass is 10.0. The van der Waals surface area contributed by atoms with Crippen molar-refractivity contribution < 1.29 is 4.79 Å². The fraction of sp³-hybridized carbons (Fsp3) is 0.444. The quantitative estimate of drug-likeness (QED) is 0.853. The van der Waals surface area contributed by atoms with Crippen molar-refractivity contribution >= 4 is 11.7 Å². The number of aromatic nitrogens is 2. The number of carbonyl (C=O) groups is 1. The SMILES string of the molecule is CCN(CCN1CCCC1)C(=O)c1[nH]nc(N)c1-c1ccccc1. The van der Waals surface area contributed by atoms with E-state index in [1.165, 1.54) is 12.8 Å². The van der Waals surface area contributed by atoms with E-state index in [1.807, 2.05) is 42.2 Å². The number of aromatic amines is 1. The largest absolute Gasteiger partial charge is 0.382 e. The summed E-state index contributed by atoms with van der Waals surface area (Å²) in [5, 5.41) is 6.90. The van der Waals surface area contributed by atoms with Crippen LogP contribution in [0.1, 0.15) is 30.3 Å². The van der Waals surface area contributed by atoms with Crippen molar-refractivity contribution in [3.05, 3.63) is 36.0 Å². The zero-order valence-corrected chi connectivity index (χ0v) is 14.2. The molecular weight excluding hydrogens is 302 g/mol. The molecule has 2 heterocycles. The Morgan fingerprint density at radius 3 is 2.67 bits per heavy atom. The highest BCUT2D eigenvalue weighted by molar-refractivity contribution is 6.01. The standard InChI is InChI=1S/C18H25N5O/c1-2-23(13-12-22-10-6-7-11-22)18(24)16-15(17(19)21-20-16)14-8-4-3-5-9-14/h3-5,8-9H,2,6-7,10-13H2,1H3,(H3,19,20,21). The van der Waals surface area contributed by atoms with Gasteiger partial charge in [-0.25, -0.2) is 0 Å². The summed E-state index contributed by atoms with van der Waals surface area (Å²) in [6.07, 6.45) is 2.52. The Morgan fingerprint density at radius 1 is 1.29 bits per heavy atom. The Bertz CT molecular complexity index is 676. The molecule has 0 saturated carbocycles. The molecule has 1 aliphatic heterocycles. The van der Waals surface area contributed by atoms with Crippen LogP contribution in [0, 0.1) is 0 Å². The van der Waals surface area contributed by atoms with Crippen LogP contribution in [0.5, 0.6) is 0 Å². The van der Waals surface area contributed by atoms with E-state index in [9.17, 15) is 4.79 Å². The highest BCUT2D eigenvalue weighted by atomic mass is 16.2. The van der Waals surface area contributed by atoms with E-state index in [4.69, 9.17) is 5.73 Å². The number of amides is 1. The molecule has 6 nitrogen and oxygen atoms in total.